The molecule has 2 aromatic carbocycles. The minimum Gasteiger partial charge on any atom is -0.313 e. The molecule has 2 N–H and O–H groups in total. The predicted octanol–water partition coefficient (Wildman–Crippen LogP) is 5.51. The third-order valence-electron chi connectivity index (χ3n) is 5.92. The van der Waals surface area contributed by atoms with Crippen molar-refractivity contribution in [3.05, 3.63) is 59.9 Å². The predicted molar refractivity (Wildman–Crippen MR) is 115 cm³/mol. The van der Waals surface area contributed by atoms with Crippen LogP contribution in [-0.2, 0) is 6.54 Å². The van der Waals surface area contributed by atoms with Crippen molar-refractivity contribution in [1.29, 1.82) is 0 Å². The Morgan fingerprint density at radius 2 is 1.93 bits per heavy atom. The van der Waals surface area contributed by atoms with Crippen LogP contribution >= 0.6 is 0 Å². The highest BCUT2D eigenvalue weighted by Gasteiger charge is 2.12. The molecule has 1 fully saturated rings. The van der Waals surface area contributed by atoms with Crippen molar-refractivity contribution in [2.75, 3.05) is 6.54 Å². The second-order valence-corrected chi connectivity index (χ2v) is 8.02. The van der Waals surface area contributed by atoms with E-state index in [2.05, 4.69) is 69.9 Å². The molecule has 0 bridgehead atoms. The molecule has 0 spiro atoms. The van der Waals surface area contributed by atoms with E-state index >= 15 is 0 Å². The molecule has 146 valence electrons. The van der Waals surface area contributed by atoms with E-state index in [1.54, 1.807) is 6.33 Å². The number of benzene rings is 2. The molecule has 4 nitrogen and oxygen atoms in total. The first-order chi connectivity index (χ1) is 13.8. The zero-order valence-electron chi connectivity index (χ0n) is 16.7. The van der Waals surface area contributed by atoms with Gasteiger partial charge >= 0.3 is 0 Å². The van der Waals surface area contributed by atoms with Gasteiger partial charge in [-0.3, -0.25) is 5.10 Å². The van der Waals surface area contributed by atoms with Gasteiger partial charge in [0.2, 0.25) is 0 Å². The van der Waals surface area contributed by atoms with Crippen LogP contribution in [0.5, 0.6) is 0 Å². The van der Waals surface area contributed by atoms with E-state index in [-0.39, 0.29) is 0 Å². The number of nitrogens with zero attached hydrogens (tertiary/aromatic N) is 2. The minimum atomic E-state index is 0.741. The van der Waals surface area contributed by atoms with E-state index in [1.807, 2.05) is 0 Å². The molecule has 0 radical (unpaired) electrons. The van der Waals surface area contributed by atoms with Crippen LogP contribution in [0.2, 0.25) is 0 Å². The second-order valence-electron chi connectivity index (χ2n) is 8.02. The van der Waals surface area contributed by atoms with Crippen molar-refractivity contribution in [2.24, 2.45) is 5.92 Å². The maximum Gasteiger partial charge on any atom is 0.180 e. The van der Waals surface area contributed by atoms with Crippen molar-refractivity contribution < 1.29 is 0 Å². The number of aromatic amines is 1. The van der Waals surface area contributed by atoms with E-state index in [0.717, 1.165) is 30.4 Å². The summed E-state index contributed by atoms with van der Waals surface area (Å²) >= 11 is 0. The fraction of sp³-hybridized carbons (Fsp3) is 0.417. The smallest absolute Gasteiger partial charge is 0.180 e. The highest BCUT2D eigenvalue weighted by Crippen LogP contribution is 2.28. The van der Waals surface area contributed by atoms with Gasteiger partial charge in [-0.2, -0.15) is 5.10 Å². The Morgan fingerprint density at radius 3 is 2.71 bits per heavy atom. The molecule has 1 aliphatic carbocycles. The molecule has 4 heteroatoms. The lowest BCUT2D eigenvalue weighted by molar-refractivity contribution is 0.334. The number of aryl methyl sites for hydroxylation is 1. The zero-order valence-corrected chi connectivity index (χ0v) is 16.7. The van der Waals surface area contributed by atoms with Gasteiger partial charge in [-0.25, -0.2) is 4.98 Å². The van der Waals surface area contributed by atoms with Crippen LogP contribution in [0, 0.1) is 12.8 Å². The molecular weight excluding hydrogens is 344 g/mol. The first-order valence-corrected chi connectivity index (χ1v) is 10.6. The molecule has 1 aromatic heterocycles. The molecule has 28 heavy (non-hydrogen) atoms. The Hall–Kier alpha value is -2.46. The minimum absolute atomic E-state index is 0.741. The monoisotopic (exact) mass is 374 g/mol. The van der Waals surface area contributed by atoms with Crippen LogP contribution in [0.15, 0.2) is 48.8 Å². The van der Waals surface area contributed by atoms with Crippen molar-refractivity contribution in [1.82, 2.24) is 20.5 Å². The molecular formula is C24H30N4. The summed E-state index contributed by atoms with van der Waals surface area (Å²) in [6.07, 6.45) is 10.1. The van der Waals surface area contributed by atoms with Gasteiger partial charge in [0.1, 0.15) is 6.33 Å². The topological polar surface area (TPSA) is 53.6 Å². The van der Waals surface area contributed by atoms with Crippen LogP contribution in [0.25, 0.3) is 22.5 Å². The van der Waals surface area contributed by atoms with Crippen LogP contribution in [0.4, 0.5) is 0 Å². The number of nitrogens with one attached hydrogen (secondary N) is 2. The number of rotatable bonds is 7. The Kier molecular flexibility index (Phi) is 6.17. The lowest BCUT2D eigenvalue weighted by Crippen LogP contribution is -2.19. The maximum atomic E-state index is 4.24. The van der Waals surface area contributed by atoms with Gasteiger partial charge in [0, 0.05) is 12.1 Å². The number of H-pyrrole nitrogens is 1. The van der Waals surface area contributed by atoms with Gasteiger partial charge < -0.3 is 5.32 Å². The third-order valence-corrected chi connectivity index (χ3v) is 5.92. The van der Waals surface area contributed by atoms with Crippen LogP contribution in [-0.4, -0.2) is 21.7 Å². The molecule has 0 saturated heterocycles. The standard InChI is InChI=1S/C24H30N4/c1-18-14-22(24-26-17-27-28-24)10-11-23(18)21-9-5-8-20(15-21)16-25-13-12-19-6-3-2-4-7-19/h5,8-11,14-15,17,19,25H,2-4,6-7,12-13,16H2,1H3,(H,26,27,28). The summed E-state index contributed by atoms with van der Waals surface area (Å²) in [7, 11) is 0. The summed E-state index contributed by atoms with van der Waals surface area (Å²) in [6, 6.07) is 15.3. The molecule has 0 unspecified atom stereocenters. The Balaban J connectivity index is 1.38. The zero-order chi connectivity index (χ0) is 19.2. The fourth-order valence-electron chi connectivity index (χ4n) is 4.34. The van der Waals surface area contributed by atoms with Gasteiger partial charge in [0.05, 0.1) is 0 Å². The van der Waals surface area contributed by atoms with Gasteiger partial charge in [0.15, 0.2) is 5.82 Å². The quantitative estimate of drug-likeness (QED) is 0.536. The highest BCUT2D eigenvalue weighted by molar-refractivity contribution is 5.71. The number of aromatic nitrogens is 3. The molecule has 0 aliphatic heterocycles. The van der Waals surface area contributed by atoms with E-state index in [9.17, 15) is 0 Å². The van der Waals surface area contributed by atoms with E-state index < -0.39 is 0 Å². The van der Waals surface area contributed by atoms with Crippen molar-refractivity contribution in [3.63, 3.8) is 0 Å². The summed E-state index contributed by atoms with van der Waals surface area (Å²) in [5.41, 5.74) is 6.17. The van der Waals surface area contributed by atoms with Crippen molar-refractivity contribution in [3.8, 4) is 22.5 Å². The number of hydrogen-bond acceptors (Lipinski definition) is 3. The van der Waals surface area contributed by atoms with Crippen molar-refractivity contribution >= 4 is 0 Å². The number of hydrogen-bond donors (Lipinski definition) is 2. The first-order valence-electron chi connectivity index (χ1n) is 10.6. The molecule has 3 aromatic rings. The summed E-state index contributed by atoms with van der Waals surface area (Å²) in [6.45, 7) is 4.22. The van der Waals surface area contributed by atoms with E-state index in [4.69, 9.17) is 0 Å². The molecule has 1 heterocycles. The lowest BCUT2D eigenvalue weighted by Gasteiger charge is -2.21. The lowest BCUT2D eigenvalue weighted by atomic mass is 9.87. The first kappa shape index (κ1) is 18.9. The molecule has 1 aliphatic rings. The average molecular weight is 375 g/mol. The van der Waals surface area contributed by atoms with Crippen LogP contribution in [0.1, 0.15) is 49.7 Å². The van der Waals surface area contributed by atoms with Gasteiger partial charge in [-0.05, 0) is 60.2 Å². The third kappa shape index (κ3) is 4.68. The van der Waals surface area contributed by atoms with Crippen LogP contribution < -0.4 is 5.32 Å². The maximum absolute atomic E-state index is 4.24. The van der Waals surface area contributed by atoms with E-state index in [1.165, 1.54) is 60.8 Å². The average Bonchev–Trinajstić information content (AvgIpc) is 3.27. The summed E-state index contributed by atoms with van der Waals surface area (Å²) in [5, 5.41) is 10.6. The highest BCUT2D eigenvalue weighted by atomic mass is 15.2. The Morgan fingerprint density at radius 1 is 1.04 bits per heavy atom. The molecule has 1 saturated carbocycles. The van der Waals surface area contributed by atoms with Crippen LogP contribution in [0.3, 0.4) is 0 Å². The Labute approximate surface area is 167 Å². The Bertz CT molecular complexity index is 879. The summed E-state index contributed by atoms with van der Waals surface area (Å²) in [4.78, 5) is 4.24. The van der Waals surface area contributed by atoms with Crippen molar-refractivity contribution in [2.45, 2.75) is 52.0 Å². The molecule has 0 atom stereocenters. The largest absolute Gasteiger partial charge is 0.313 e. The second kappa shape index (κ2) is 9.16. The van der Waals surface area contributed by atoms with E-state index in [0.29, 0.717) is 0 Å². The normalized spacial score (nSPS) is 15.0. The van der Waals surface area contributed by atoms with Gasteiger partial charge in [-0.15, -0.1) is 0 Å². The summed E-state index contributed by atoms with van der Waals surface area (Å²) in [5.74, 6) is 1.68. The van der Waals surface area contributed by atoms with Gasteiger partial charge in [-0.1, -0.05) is 62.4 Å². The fourth-order valence-corrected chi connectivity index (χ4v) is 4.34. The molecule has 4 rings (SSSR count). The summed E-state index contributed by atoms with van der Waals surface area (Å²) < 4.78 is 0. The van der Waals surface area contributed by atoms with Gasteiger partial charge in [0.25, 0.3) is 0 Å². The molecule has 0 amide bonds. The SMILES string of the molecule is Cc1cc(-c2nc[nH]n2)ccc1-c1cccc(CNCCC2CCCCC2)c1.